The predicted molar refractivity (Wildman–Crippen MR) is 140 cm³/mol. The molecular weight excluding hydrogens is 478 g/mol. The van der Waals surface area contributed by atoms with Gasteiger partial charge in [0.2, 0.25) is 5.91 Å². The number of urea groups is 1. The first-order valence-electron chi connectivity index (χ1n) is 12.1. The van der Waals surface area contributed by atoms with Crippen molar-refractivity contribution in [1.29, 1.82) is 0 Å². The van der Waals surface area contributed by atoms with Gasteiger partial charge in [-0.1, -0.05) is 0 Å². The smallest absolute Gasteiger partial charge is 0.331 e. The van der Waals surface area contributed by atoms with E-state index in [1.54, 1.807) is 29.0 Å². The van der Waals surface area contributed by atoms with E-state index in [4.69, 9.17) is 4.74 Å². The normalized spacial score (nSPS) is 17.4. The molecule has 0 bridgehead atoms. The molecule has 36 heavy (non-hydrogen) atoms. The molecule has 2 aliphatic rings. The van der Waals surface area contributed by atoms with Gasteiger partial charge in [0.25, 0.3) is 5.91 Å². The number of ether oxygens (including phenoxy) is 1. The van der Waals surface area contributed by atoms with Crippen LogP contribution in [0.2, 0.25) is 0 Å². The maximum absolute atomic E-state index is 13.4. The Labute approximate surface area is 213 Å². The standard InChI is InChI=1S/C26H29N5O4S/c1-14(2)35-18-7-8-19(15(3)12-18)31-20-9-10-27-25-21(20)22(29-26(31)34)23(36-25)24(33)28-17-6-5-11-30(13-17)16(4)32/h7-10,12,14,17H,5-6,11,13H2,1-4H3,(H,28,33)(H,29,34)/t17-/m1/s1. The summed E-state index contributed by atoms with van der Waals surface area (Å²) in [7, 11) is 0. The number of carbonyl (C=O) groups is 3. The summed E-state index contributed by atoms with van der Waals surface area (Å²) in [5.41, 5.74) is 2.77. The summed E-state index contributed by atoms with van der Waals surface area (Å²) in [5.74, 6) is 0.477. The van der Waals surface area contributed by atoms with Gasteiger partial charge in [-0.3, -0.25) is 14.5 Å². The lowest BCUT2D eigenvalue weighted by molar-refractivity contribution is -0.130. The summed E-state index contributed by atoms with van der Waals surface area (Å²) >= 11 is 1.25. The summed E-state index contributed by atoms with van der Waals surface area (Å²) < 4.78 is 5.80. The van der Waals surface area contributed by atoms with Crippen LogP contribution in [0.25, 0.3) is 10.2 Å². The Morgan fingerprint density at radius 1 is 1.25 bits per heavy atom. The average Bonchev–Trinajstić information content (AvgIpc) is 3.19. The molecule has 5 rings (SSSR count). The molecule has 1 fully saturated rings. The van der Waals surface area contributed by atoms with Gasteiger partial charge in [0.1, 0.15) is 15.5 Å². The van der Waals surface area contributed by atoms with E-state index in [2.05, 4.69) is 15.6 Å². The number of piperidine rings is 1. The maximum Gasteiger partial charge on any atom is 0.331 e. The summed E-state index contributed by atoms with van der Waals surface area (Å²) in [5, 5.41) is 6.74. The second kappa shape index (κ2) is 9.42. The number of benzene rings is 1. The molecule has 1 saturated heterocycles. The fourth-order valence-corrected chi connectivity index (χ4v) is 5.86. The first-order chi connectivity index (χ1) is 17.2. The lowest BCUT2D eigenvalue weighted by Crippen LogP contribution is -2.49. The van der Waals surface area contributed by atoms with Gasteiger partial charge in [0.05, 0.1) is 28.6 Å². The van der Waals surface area contributed by atoms with Crippen LogP contribution in [-0.2, 0) is 4.79 Å². The molecule has 3 aromatic rings. The van der Waals surface area contributed by atoms with Gasteiger partial charge < -0.3 is 20.3 Å². The van der Waals surface area contributed by atoms with Crippen LogP contribution in [0.4, 0.5) is 21.9 Å². The minimum atomic E-state index is -0.344. The monoisotopic (exact) mass is 507 g/mol. The van der Waals surface area contributed by atoms with Crippen LogP contribution in [0.15, 0.2) is 30.5 Å². The van der Waals surface area contributed by atoms with Crippen LogP contribution >= 0.6 is 11.3 Å². The van der Waals surface area contributed by atoms with Crippen LogP contribution < -0.4 is 20.3 Å². The van der Waals surface area contributed by atoms with Crippen molar-refractivity contribution < 1.29 is 19.1 Å². The molecule has 0 aliphatic carbocycles. The molecule has 2 N–H and O–H groups in total. The van der Waals surface area contributed by atoms with Crippen LogP contribution in [0, 0.1) is 6.92 Å². The van der Waals surface area contributed by atoms with Crippen molar-refractivity contribution >= 4 is 56.5 Å². The fourth-order valence-electron chi connectivity index (χ4n) is 4.84. The number of thiophene rings is 1. The van der Waals surface area contributed by atoms with E-state index in [1.165, 1.54) is 11.3 Å². The maximum atomic E-state index is 13.4. The van der Waals surface area contributed by atoms with Crippen molar-refractivity contribution in [3.05, 3.63) is 40.9 Å². The highest BCUT2D eigenvalue weighted by Crippen LogP contribution is 2.46. The van der Waals surface area contributed by atoms with Gasteiger partial charge in [0.15, 0.2) is 0 Å². The van der Waals surface area contributed by atoms with Crippen molar-refractivity contribution in [2.75, 3.05) is 23.3 Å². The van der Waals surface area contributed by atoms with Crippen LogP contribution in [0.3, 0.4) is 0 Å². The van der Waals surface area contributed by atoms with Crippen LogP contribution in [0.1, 0.15) is 48.8 Å². The summed E-state index contributed by atoms with van der Waals surface area (Å²) in [4.78, 5) is 47.4. The molecule has 0 spiro atoms. The number of carbonyl (C=O) groups excluding carboxylic acids is 3. The third-order valence-electron chi connectivity index (χ3n) is 6.44. The average molecular weight is 508 g/mol. The Hall–Kier alpha value is -3.66. The number of nitrogens with zero attached hydrogens (tertiary/aromatic N) is 3. The van der Waals surface area contributed by atoms with Crippen LogP contribution in [0.5, 0.6) is 5.75 Å². The lowest BCUT2D eigenvalue weighted by Gasteiger charge is -2.32. The summed E-state index contributed by atoms with van der Waals surface area (Å²) in [6, 6.07) is 6.95. The first-order valence-corrected chi connectivity index (χ1v) is 12.9. The number of amides is 4. The summed E-state index contributed by atoms with van der Waals surface area (Å²) in [6.45, 7) is 8.61. The molecule has 2 aromatic heterocycles. The lowest BCUT2D eigenvalue weighted by atomic mass is 10.1. The highest BCUT2D eigenvalue weighted by atomic mass is 32.1. The second-order valence-electron chi connectivity index (χ2n) is 9.47. The van der Waals surface area contributed by atoms with Crippen molar-refractivity contribution in [2.24, 2.45) is 0 Å². The molecule has 9 nitrogen and oxygen atoms in total. The number of anilines is 3. The molecule has 4 heterocycles. The molecule has 10 heteroatoms. The predicted octanol–water partition coefficient (Wildman–Crippen LogP) is 4.82. The van der Waals surface area contributed by atoms with E-state index >= 15 is 0 Å². The van der Waals surface area contributed by atoms with Gasteiger partial charge in [-0.2, -0.15) is 0 Å². The molecular formula is C26H29N5O4S. The van der Waals surface area contributed by atoms with Gasteiger partial charge in [-0.15, -0.1) is 11.3 Å². The quantitative estimate of drug-likeness (QED) is 0.516. The molecule has 188 valence electrons. The van der Waals surface area contributed by atoms with Gasteiger partial charge in [0, 0.05) is 32.3 Å². The number of aromatic nitrogens is 1. The van der Waals surface area contributed by atoms with Gasteiger partial charge >= 0.3 is 6.03 Å². The minimum absolute atomic E-state index is 0.00574. The Kier molecular flexibility index (Phi) is 6.29. The zero-order valence-corrected chi connectivity index (χ0v) is 21.6. The number of pyridine rings is 1. The molecule has 2 aliphatic heterocycles. The molecule has 0 radical (unpaired) electrons. The van der Waals surface area contributed by atoms with E-state index in [0.717, 1.165) is 35.2 Å². The number of rotatable bonds is 5. The van der Waals surface area contributed by atoms with E-state index in [9.17, 15) is 14.4 Å². The molecule has 0 unspecified atom stereocenters. The molecule has 4 amide bonds. The fraction of sp³-hybridized carbons (Fsp3) is 0.385. The number of hydrogen-bond donors (Lipinski definition) is 2. The van der Waals surface area contributed by atoms with E-state index in [-0.39, 0.29) is 30.0 Å². The Balaban J connectivity index is 1.48. The largest absolute Gasteiger partial charge is 0.491 e. The zero-order valence-electron chi connectivity index (χ0n) is 20.8. The molecule has 0 saturated carbocycles. The number of hydrogen-bond acceptors (Lipinski definition) is 6. The van der Waals surface area contributed by atoms with E-state index < -0.39 is 0 Å². The van der Waals surface area contributed by atoms with Gasteiger partial charge in [-0.05, 0) is 63.4 Å². The number of nitrogens with one attached hydrogen (secondary N) is 2. The highest BCUT2D eigenvalue weighted by molar-refractivity contribution is 7.21. The van der Waals surface area contributed by atoms with E-state index in [0.29, 0.717) is 34.2 Å². The minimum Gasteiger partial charge on any atom is -0.491 e. The Bertz CT molecular complexity index is 1370. The van der Waals surface area contributed by atoms with Gasteiger partial charge in [-0.25, -0.2) is 9.78 Å². The number of likely N-dealkylation sites (tertiary alicyclic amines) is 1. The highest BCUT2D eigenvalue weighted by Gasteiger charge is 2.34. The SMILES string of the molecule is CC(=O)N1CCC[C@@H](NC(=O)c2sc3nccc4c3c2NC(=O)N4c2ccc(OC(C)C)cc2C)C1. The summed E-state index contributed by atoms with van der Waals surface area (Å²) in [6.07, 6.45) is 3.34. The van der Waals surface area contributed by atoms with Crippen molar-refractivity contribution in [1.82, 2.24) is 15.2 Å². The topological polar surface area (TPSA) is 104 Å². The third kappa shape index (κ3) is 4.37. The third-order valence-corrected chi connectivity index (χ3v) is 7.53. The molecule has 1 aromatic carbocycles. The number of aryl methyl sites for hydroxylation is 1. The zero-order chi connectivity index (χ0) is 25.6. The first kappa shape index (κ1) is 24.1. The Morgan fingerprint density at radius 3 is 2.78 bits per heavy atom. The van der Waals surface area contributed by atoms with Crippen LogP contribution in [-0.4, -0.2) is 53.0 Å². The Morgan fingerprint density at radius 2 is 2.06 bits per heavy atom. The van der Waals surface area contributed by atoms with Crippen molar-refractivity contribution in [2.45, 2.75) is 52.7 Å². The molecule has 1 atom stereocenters. The van der Waals surface area contributed by atoms with Crippen molar-refractivity contribution in [3.63, 3.8) is 0 Å². The second-order valence-corrected chi connectivity index (χ2v) is 10.5. The van der Waals surface area contributed by atoms with E-state index in [1.807, 2.05) is 39.0 Å². The van der Waals surface area contributed by atoms with Crippen molar-refractivity contribution in [3.8, 4) is 5.75 Å².